The quantitative estimate of drug-likeness (QED) is 0.491. The number of aldehydes is 1. The van der Waals surface area contributed by atoms with Crippen LogP contribution in [-0.2, 0) is 4.79 Å². The van der Waals surface area contributed by atoms with Gasteiger partial charge in [0.05, 0.1) is 0 Å². The van der Waals surface area contributed by atoms with E-state index in [0.29, 0.717) is 6.04 Å². The molecule has 3 heteroatoms. The normalized spacial score (nSPS) is 30.6. The Hall–Kier alpha value is 0.552. The first-order chi connectivity index (χ1) is 3.84. The van der Waals surface area contributed by atoms with Crippen molar-refractivity contribution in [3.05, 3.63) is 0 Å². The molecule has 0 aromatic carbocycles. The zero-order chi connectivity index (χ0) is 5.98. The van der Waals surface area contributed by atoms with Crippen LogP contribution in [0.3, 0.4) is 0 Å². The van der Waals surface area contributed by atoms with Crippen LogP contribution in [0.4, 0.5) is 0 Å². The molecule has 0 saturated carbocycles. The van der Waals surface area contributed by atoms with Crippen LogP contribution >= 0.6 is 0 Å². The molecule has 0 amide bonds. The van der Waals surface area contributed by atoms with Gasteiger partial charge in [-0.15, -0.1) is 0 Å². The van der Waals surface area contributed by atoms with Gasteiger partial charge in [-0.2, -0.15) is 0 Å². The van der Waals surface area contributed by atoms with E-state index in [1.807, 2.05) is 0 Å². The predicted octanol–water partition coefficient (Wildman–Crippen LogP) is -0.267. The van der Waals surface area contributed by atoms with Gasteiger partial charge in [-0.1, -0.05) is 0 Å². The Morgan fingerprint density at radius 2 is 2.50 bits per heavy atom. The molecule has 0 N–H and O–H groups in total. The summed E-state index contributed by atoms with van der Waals surface area (Å²) in [6.07, 6.45) is 3.40. The maximum atomic E-state index is 10.2. The van der Waals surface area contributed by atoms with Gasteiger partial charge >= 0.3 is 65.3 Å². The number of hydrogen-bond donors (Lipinski definition) is 0. The second kappa shape index (κ2) is 2.91. The SMILES string of the molecule is O=C[C@H]1CCC[N]1[Tl]. The number of carbonyl (C=O) groups excluding carboxylic acids is 1. The molecule has 0 radical (unpaired) electrons. The zero-order valence-corrected chi connectivity index (χ0v) is 9.20. The summed E-state index contributed by atoms with van der Waals surface area (Å²) in [4.78, 5) is 10.2. The number of nitrogens with zero attached hydrogens (tertiary/aromatic N) is 1. The Kier molecular flexibility index (Phi) is 2.43. The molecule has 1 fully saturated rings. The average Bonchev–Trinajstić information content (AvgIpc) is 2.14. The Bertz CT molecular complexity index is 96.4. The number of rotatable bonds is 1. The van der Waals surface area contributed by atoms with Crippen LogP contribution in [0.5, 0.6) is 0 Å². The molecule has 1 heterocycles. The zero-order valence-electron chi connectivity index (χ0n) is 4.71. The van der Waals surface area contributed by atoms with E-state index < -0.39 is 0 Å². The molecule has 1 aliphatic heterocycles. The van der Waals surface area contributed by atoms with E-state index in [1.54, 1.807) is 0 Å². The molecule has 1 aliphatic rings. The van der Waals surface area contributed by atoms with Crippen LogP contribution in [0.1, 0.15) is 12.8 Å². The Balaban J connectivity index is 2.41. The predicted molar refractivity (Wildman–Crippen MR) is 31.5 cm³/mol. The fourth-order valence-electron chi connectivity index (χ4n) is 0.961. The summed E-state index contributed by atoms with van der Waals surface area (Å²) in [6, 6.07) is 0.292. The third-order valence-electron chi connectivity index (χ3n) is 1.50. The average molecular weight is 303 g/mol. The molecule has 0 bridgehead atoms. The van der Waals surface area contributed by atoms with E-state index in [1.165, 1.54) is 6.42 Å². The van der Waals surface area contributed by atoms with Crippen LogP contribution in [0.2, 0.25) is 0 Å². The van der Waals surface area contributed by atoms with Gasteiger partial charge in [-0.05, 0) is 0 Å². The van der Waals surface area contributed by atoms with Gasteiger partial charge in [0.25, 0.3) is 0 Å². The molecular formula is C5H8NOTl. The van der Waals surface area contributed by atoms with Crippen LogP contribution in [0, 0.1) is 0 Å². The fraction of sp³-hybridized carbons (Fsp3) is 0.800. The number of hydrogen-bond acceptors (Lipinski definition) is 2. The van der Waals surface area contributed by atoms with E-state index >= 15 is 0 Å². The van der Waals surface area contributed by atoms with Gasteiger partial charge in [-0.3, -0.25) is 0 Å². The molecule has 0 spiro atoms. The van der Waals surface area contributed by atoms with Crippen molar-refractivity contribution >= 4 is 32.4 Å². The minimum atomic E-state index is 0.292. The van der Waals surface area contributed by atoms with Crippen molar-refractivity contribution in [1.29, 1.82) is 0 Å². The summed E-state index contributed by atoms with van der Waals surface area (Å²) in [7, 11) is 0. The van der Waals surface area contributed by atoms with Crippen molar-refractivity contribution in [2.75, 3.05) is 6.54 Å². The summed E-state index contributed by atoms with van der Waals surface area (Å²) in [6.45, 7) is 1.16. The van der Waals surface area contributed by atoms with Gasteiger partial charge in [0, 0.05) is 0 Å². The third-order valence-corrected chi connectivity index (χ3v) is 3.99. The van der Waals surface area contributed by atoms with Crippen molar-refractivity contribution in [2.24, 2.45) is 0 Å². The monoisotopic (exact) mass is 303 g/mol. The van der Waals surface area contributed by atoms with Crippen molar-refractivity contribution in [3.63, 3.8) is 0 Å². The van der Waals surface area contributed by atoms with Gasteiger partial charge in [-0.25, -0.2) is 0 Å². The first-order valence-electron chi connectivity index (χ1n) is 2.81. The van der Waals surface area contributed by atoms with E-state index in [4.69, 9.17) is 0 Å². The summed E-state index contributed by atoms with van der Waals surface area (Å²) < 4.78 is 2.26. The third kappa shape index (κ3) is 1.28. The first-order valence-corrected chi connectivity index (χ1v) is 4.82. The first kappa shape index (κ1) is 6.67. The summed E-state index contributed by atoms with van der Waals surface area (Å²) in [5.74, 6) is 0. The Morgan fingerprint density at radius 3 is 2.75 bits per heavy atom. The van der Waals surface area contributed by atoms with E-state index in [-0.39, 0.29) is 0 Å². The van der Waals surface area contributed by atoms with E-state index in [9.17, 15) is 4.79 Å². The molecule has 0 aromatic rings. The molecule has 8 heavy (non-hydrogen) atoms. The summed E-state index contributed by atoms with van der Waals surface area (Å²) >= 11 is 0.859. The van der Waals surface area contributed by atoms with Crippen molar-refractivity contribution in [2.45, 2.75) is 18.9 Å². The van der Waals surface area contributed by atoms with E-state index in [2.05, 4.69) is 2.71 Å². The second-order valence-electron chi connectivity index (χ2n) is 2.08. The fourth-order valence-corrected chi connectivity index (χ4v) is 2.52. The molecule has 0 aliphatic carbocycles. The topological polar surface area (TPSA) is 20.3 Å². The molecule has 42 valence electrons. The molecule has 1 atom stereocenters. The van der Waals surface area contributed by atoms with Gasteiger partial charge < -0.3 is 0 Å². The minimum absolute atomic E-state index is 0.292. The summed E-state index contributed by atoms with van der Waals surface area (Å²) in [5.41, 5.74) is 0. The van der Waals surface area contributed by atoms with Crippen LogP contribution in [-0.4, -0.2) is 47.6 Å². The maximum absolute atomic E-state index is 10.2. The van der Waals surface area contributed by atoms with Crippen molar-refractivity contribution in [3.8, 4) is 0 Å². The molecule has 1 saturated heterocycles. The Labute approximate surface area is 65.3 Å². The molecule has 1 rings (SSSR count). The van der Waals surface area contributed by atoms with E-state index in [0.717, 1.165) is 45.3 Å². The molecule has 0 aromatic heterocycles. The van der Waals surface area contributed by atoms with Crippen LogP contribution < -0.4 is 0 Å². The standard InChI is InChI=1S/C5H8NO.Tl/c7-4-5-2-1-3-6-5;/h4-5H,1-3H2;/q-1;+1/t5-;/m1./s1. The van der Waals surface area contributed by atoms with Gasteiger partial charge in [0.1, 0.15) is 0 Å². The Morgan fingerprint density at radius 1 is 1.75 bits per heavy atom. The van der Waals surface area contributed by atoms with Crippen molar-refractivity contribution in [1.82, 2.24) is 2.71 Å². The van der Waals surface area contributed by atoms with Crippen molar-refractivity contribution < 1.29 is 4.79 Å². The molecular weight excluding hydrogens is 294 g/mol. The molecule has 0 unspecified atom stereocenters. The van der Waals surface area contributed by atoms with Gasteiger partial charge in [0.15, 0.2) is 0 Å². The second-order valence-corrected chi connectivity index (χ2v) is 4.66. The molecule has 2 nitrogen and oxygen atoms in total. The summed E-state index contributed by atoms with van der Waals surface area (Å²) in [5, 5.41) is 0. The number of carbonyl (C=O) groups is 1. The van der Waals surface area contributed by atoms with Gasteiger partial charge in [0.2, 0.25) is 0 Å². The van der Waals surface area contributed by atoms with Crippen LogP contribution in [0.15, 0.2) is 0 Å². The van der Waals surface area contributed by atoms with Crippen LogP contribution in [0.25, 0.3) is 0 Å².